The van der Waals surface area contributed by atoms with E-state index in [1.165, 1.54) is 6.07 Å². The summed E-state index contributed by atoms with van der Waals surface area (Å²) in [5, 5.41) is 0.968. The van der Waals surface area contributed by atoms with E-state index in [1.54, 1.807) is 12.1 Å². The molecule has 0 saturated heterocycles. The molecule has 21 heavy (non-hydrogen) atoms. The molecule has 1 aromatic heterocycles. The number of furan rings is 1. The summed E-state index contributed by atoms with van der Waals surface area (Å²) >= 11 is 3.11. The largest absolute Gasteiger partial charge is 0.489 e. The number of rotatable bonds is 4. The van der Waals surface area contributed by atoms with E-state index in [9.17, 15) is 4.39 Å². The van der Waals surface area contributed by atoms with Crippen LogP contribution in [-0.4, -0.2) is 0 Å². The lowest BCUT2D eigenvalue weighted by Gasteiger charge is -2.07. The summed E-state index contributed by atoms with van der Waals surface area (Å²) in [5.74, 6) is 0.793. The number of fused-ring (bicyclic) bond motifs is 1. The fraction of sp³-hybridized carbons (Fsp3) is 0.125. The number of hydrogen-bond acceptors (Lipinski definition) is 3. The lowest BCUT2D eigenvalue weighted by molar-refractivity contribution is 0.302. The van der Waals surface area contributed by atoms with Gasteiger partial charge >= 0.3 is 0 Å². The number of benzene rings is 2. The molecule has 2 N–H and O–H groups in total. The van der Waals surface area contributed by atoms with E-state index >= 15 is 0 Å². The van der Waals surface area contributed by atoms with Crippen LogP contribution in [0.25, 0.3) is 11.0 Å². The summed E-state index contributed by atoms with van der Waals surface area (Å²) < 4.78 is 25.2. The molecule has 0 atom stereocenters. The van der Waals surface area contributed by atoms with Crippen molar-refractivity contribution in [1.29, 1.82) is 0 Å². The Bertz CT molecular complexity index is 785. The maximum atomic E-state index is 13.5. The SMILES string of the molecule is NCc1oc2ccccc2c1COc1ccc(Br)c(F)c1. The van der Waals surface area contributed by atoms with Crippen LogP contribution in [0.1, 0.15) is 11.3 Å². The zero-order valence-corrected chi connectivity index (χ0v) is 12.7. The van der Waals surface area contributed by atoms with Gasteiger partial charge < -0.3 is 14.9 Å². The first-order chi connectivity index (χ1) is 10.2. The van der Waals surface area contributed by atoms with Crippen LogP contribution in [0.2, 0.25) is 0 Å². The van der Waals surface area contributed by atoms with Crippen LogP contribution in [0.3, 0.4) is 0 Å². The van der Waals surface area contributed by atoms with Crippen LogP contribution in [0.15, 0.2) is 51.4 Å². The first kappa shape index (κ1) is 14.1. The van der Waals surface area contributed by atoms with Crippen LogP contribution in [0, 0.1) is 5.82 Å². The normalized spacial score (nSPS) is 11.0. The van der Waals surface area contributed by atoms with Crippen molar-refractivity contribution in [3.8, 4) is 5.75 Å². The fourth-order valence-corrected chi connectivity index (χ4v) is 2.44. The minimum Gasteiger partial charge on any atom is -0.489 e. The van der Waals surface area contributed by atoms with Gasteiger partial charge in [-0.05, 0) is 34.1 Å². The van der Waals surface area contributed by atoms with Gasteiger partial charge in [-0.25, -0.2) is 4.39 Å². The van der Waals surface area contributed by atoms with Crippen molar-refractivity contribution in [2.45, 2.75) is 13.2 Å². The van der Waals surface area contributed by atoms with Gasteiger partial charge in [0, 0.05) is 17.0 Å². The Balaban J connectivity index is 1.89. The molecule has 0 spiro atoms. The molecule has 0 fully saturated rings. The minimum absolute atomic E-state index is 0.282. The van der Waals surface area contributed by atoms with Crippen molar-refractivity contribution in [1.82, 2.24) is 0 Å². The molecule has 5 heteroatoms. The maximum absolute atomic E-state index is 13.5. The molecule has 0 unspecified atom stereocenters. The first-order valence-electron chi connectivity index (χ1n) is 6.46. The van der Waals surface area contributed by atoms with Crippen molar-refractivity contribution in [2.24, 2.45) is 5.73 Å². The third kappa shape index (κ3) is 2.80. The molecule has 3 rings (SSSR count). The Kier molecular flexibility index (Phi) is 3.94. The molecule has 108 valence electrons. The summed E-state index contributed by atoms with van der Waals surface area (Å²) in [7, 11) is 0. The standard InChI is InChI=1S/C16H13BrFNO2/c17-13-6-5-10(7-14(13)18)20-9-12-11-3-1-2-4-15(11)21-16(12)8-19/h1-7H,8-9,19H2. The molecule has 3 nitrogen and oxygen atoms in total. The molecule has 0 aliphatic rings. The summed E-state index contributed by atoms with van der Waals surface area (Å²) in [5.41, 5.74) is 7.39. The van der Waals surface area contributed by atoms with E-state index in [4.69, 9.17) is 14.9 Å². The van der Waals surface area contributed by atoms with Crippen molar-refractivity contribution < 1.29 is 13.5 Å². The average molecular weight is 350 g/mol. The van der Waals surface area contributed by atoms with Crippen LogP contribution in [0.4, 0.5) is 4.39 Å². The summed E-state index contributed by atoms with van der Waals surface area (Å²) in [4.78, 5) is 0. The van der Waals surface area contributed by atoms with Crippen LogP contribution >= 0.6 is 15.9 Å². The van der Waals surface area contributed by atoms with Crippen molar-refractivity contribution >= 4 is 26.9 Å². The summed E-state index contributed by atoms with van der Waals surface area (Å²) in [6.07, 6.45) is 0. The van der Waals surface area contributed by atoms with Crippen LogP contribution < -0.4 is 10.5 Å². The van der Waals surface area contributed by atoms with E-state index in [1.807, 2.05) is 24.3 Å². The molecule has 1 heterocycles. The summed E-state index contributed by atoms with van der Waals surface area (Å²) in [6, 6.07) is 12.3. The second-order valence-corrected chi connectivity index (χ2v) is 5.42. The molecular formula is C16H13BrFNO2. The smallest absolute Gasteiger partial charge is 0.141 e. The minimum atomic E-state index is -0.358. The lowest BCUT2D eigenvalue weighted by atomic mass is 10.1. The molecule has 0 radical (unpaired) electrons. The molecule has 3 aromatic rings. The monoisotopic (exact) mass is 349 g/mol. The van der Waals surface area contributed by atoms with Gasteiger partial charge in [-0.1, -0.05) is 18.2 Å². The molecule has 0 amide bonds. The Labute approximate surface area is 129 Å². The zero-order valence-electron chi connectivity index (χ0n) is 11.1. The number of nitrogens with two attached hydrogens (primary N) is 1. The van der Waals surface area contributed by atoms with Gasteiger partial charge in [-0.2, -0.15) is 0 Å². The molecule has 0 aliphatic heterocycles. The van der Waals surface area contributed by atoms with Crippen LogP contribution in [0.5, 0.6) is 5.75 Å². The fourth-order valence-electron chi connectivity index (χ4n) is 2.19. The second-order valence-electron chi connectivity index (χ2n) is 4.57. The molecule has 0 saturated carbocycles. The van der Waals surface area contributed by atoms with Gasteiger partial charge in [-0.15, -0.1) is 0 Å². The second kappa shape index (κ2) is 5.87. The highest BCUT2D eigenvalue weighted by atomic mass is 79.9. The highest BCUT2D eigenvalue weighted by Gasteiger charge is 2.13. The van der Waals surface area contributed by atoms with Gasteiger partial charge in [0.25, 0.3) is 0 Å². The number of hydrogen-bond donors (Lipinski definition) is 1. The third-order valence-electron chi connectivity index (χ3n) is 3.24. The zero-order chi connectivity index (χ0) is 14.8. The summed E-state index contributed by atoms with van der Waals surface area (Å²) in [6.45, 7) is 0.576. The Morgan fingerprint density at radius 2 is 2.00 bits per heavy atom. The van der Waals surface area contributed by atoms with Crippen molar-refractivity contribution in [3.05, 3.63) is 64.1 Å². The van der Waals surface area contributed by atoms with Gasteiger partial charge in [0.05, 0.1) is 11.0 Å². The van der Waals surface area contributed by atoms with Gasteiger partial charge in [-0.3, -0.25) is 0 Å². The van der Waals surface area contributed by atoms with Gasteiger partial charge in [0.2, 0.25) is 0 Å². The van der Waals surface area contributed by atoms with E-state index < -0.39 is 0 Å². The predicted octanol–water partition coefficient (Wildman–Crippen LogP) is 4.37. The van der Waals surface area contributed by atoms with E-state index in [-0.39, 0.29) is 12.4 Å². The van der Waals surface area contributed by atoms with Crippen LogP contribution in [-0.2, 0) is 13.2 Å². The highest BCUT2D eigenvalue weighted by Crippen LogP contribution is 2.28. The number of halogens is 2. The number of para-hydroxylation sites is 1. The quantitative estimate of drug-likeness (QED) is 0.760. The number of ether oxygens (including phenoxy) is 1. The van der Waals surface area contributed by atoms with Crippen molar-refractivity contribution in [3.63, 3.8) is 0 Å². The highest BCUT2D eigenvalue weighted by molar-refractivity contribution is 9.10. The molecular weight excluding hydrogens is 337 g/mol. The van der Waals surface area contributed by atoms with Gasteiger partial charge in [0.15, 0.2) is 0 Å². The maximum Gasteiger partial charge on any atom is 0.141 e. The molecule has 0 aliphatic carbocycles. The van der Waals surface area contributed by atoms with E-state index in [0.29, 0.717) is 22.5 Å². The Morgan fingerprint density at radius 3 is 2.76 bits per heavy atom. The van der Waals surface area contributed by atoms with E-state index in [0.717, 1.165) is 16.5 Å². The topological polar surface area (TPSA) is 48.4 Å². The first-order valence-corrected chi connectivity index (χ1v) is 7.25. The molecule has 0 bridgehead atoms. The molecule has 2 aromatic carbocycles. The van der Waals surface area contributed by atoms with Crippen molar-refractivity contribution in [2.75, 3.05) is 0 Å². The average Bonchev–Trinajstić information content (AvgIpc) is 2.86. The van der Waals surface area contributed by atoms with Gasteiger partial charge in [0.1, 0.15) is 29.5 Å². The third-order valence-corrected chi connectivity index (χ3v) is 3.88. The Morgan fingerprint density at radius 1 is 1.19 bits per heavy atom. The predicted molar refractivity (Wildman–Crippen MR) is 82.5 cm³/mol. The Hall–Kier alpha value is -1.85. The van der Waals surface area contributed by atoms with E-state index in [2.05, 4.69) is 15.9 Å². The lowest BCUT2D eigenvalue weighted by Crippen LogP contribution is -2.02.